The average molecular weight is 242 g/mol. The lowest BCUT2D eigenvalue weighted by Crippen LogP contribution is -2.38. The quantitative estimate of drug-likeness (QED) is 0.823. The van der Waals surface area contributed by atoms with Crippen LogP contribution in [0.5, 0.6) is 0 Å². The van der Waals surface area contributed by atoms with Crippen LogP contribution < -0.4 is 0 Å². The van der Waals surface area contributed by atoms with Crippen molar-refractivity contribution in [1.82, 2.24) is 0 Å². The summed E-state index contributed by atoms with van der Waals surface area (Å²) in [5.41, 5.74) is 1.96. The molecule has 0 bridgehead atoms. The summed E-state index contributed by atoms with van der Waals surface area (Å²) in [6.45, 7) is 0. The predicted octanol–water partition coefficient (Wildman–Crippen LogP) is 2.45. The van der Waals surface area contributed by atoms with Crippen LogP contribution in [0.3, 0.4) is 0 Å². The third-order valence-corrected chi connectivity index (χ3v) is 4.16. The first kappa shape index (κ1) is 11.2. The number of hydrogen-bond donors (Lipinski definition) is 1. The van der Waals surface area contributed by atoms with Gasteiger partial charge in [-0.05, 0) is 42.0 Å². The van der Waals surface area contributed by atoms with Gasteiger partial charge in [0.1, 0.15) is 0 Å². The number of allylic oxidation sites excluding steroid dienone is 1. The summed E-state index contributed by atoms with van der Waals surface area (Å²) in [4.78, 5) is 23.3. The van der Waals surface area contributed by atoms with Crippen LogP contribution in [0.4, 0.5) is 0 Å². The number of carboxylic acid groups (broad SMARTS) is 1. The lowest BCUT2D eigenvalue weighted by molar-refractivity contribution is -0.146. The van der Waals surface area contributed by atoms with Crippen LogP contribution in [0.15, 0.2) is 30.3 Å². The molecule has 1 atom stereocenters. The van der Waals surface area contributed by atoms with Crippen LogP contribution >= 0.6 is 0 Å². The molecule has 1 aromatic carbocycles. The van der Waals surface area contributed by atoms with Gasteiger partial charge in [-0.25, -0.2) is 0 Å². The normalized spacial score (nSPS) is 26.0. The number of carbonyl (C=O) groups is 2. The molecule has 2 aliphatic rings. The van der Waals surface area contributed by atoms with E-state index in [0.717, 1.165) is 17.5 Å². The van der Waals surface area contributed by atoms with Gasteiger partial charge in [-0.15, -0.1) is 0 Å². The summed E-state index contributed by atoms with van der Waals surface area (Å²) < 4.78 is 0. The Hall–Kier alpha value is -1.90. The average Bonchev–Trinajstić information content (AvgIpc) is 2.38. The standard InChI is InChI=1S/C15H14O3/c16-11-6-8-15(14(17)18)7-5-10-3-1-2-4-12(10)13(15)9-11/h1-4,9H,5-8H2,(H,17,18)/t15-/m0/s1. The van der Waals surface area contributed by atoms with E-state index in [2.05, 4.69) is 0 Å². The zero-order valence-electron chi connectivity index (χ0n) is 9.98. The summed E-state index contributed by atoms with van der Waals surface area (Å²) in [6, 6.07) is 7.80. The highest BCUT2D eigenvalue weighted by atomic mass is 16.4. The van der Waals surface area contributed by atoms with Gasteiger partial charge in [0.2, 0.25) is 0 Å². The van der Waals surface area contributed by atoms with Crippen LogP contribution in [0.1, 0.15) is 30.4 Å². The number of carbonyl (C=O) groups excluding carboxylic acids is 1. The minimum absolute atomic E-state index is 0.0404. The first-order valence-corrected chi connectivity index (χ1v) is 6.20. The molecule has 0 unspecified atom stereocenters. The van der Waals surface area contributed by atoms with Crippen LogP contribution in [-0.4, -0.2) is 16.9 Å². The molecule has 0 heterocycles. The van der Waals surface area contributed by atoms with Gasteiger partial charge in [-0.2, -0.15) is 0 Å². The van der Waals surface area contributed by atoms with Crippen molar-refractivity contribution in [3.05, 3.63) is 41.5 Å². The molecule has 0 amide bonds. The van der Waals surface area contributed by atoms with Crippen LogP contribution in [0.2, 0.25) is 0 Å². The van der Waals surface area contributed by atoms with Crippen molar-refractivity contribution in [2.75, 3.05) is 0 Å². The van der Waals surface area contributed by atoms with E-state index in [-0.39, 0.29) is 5.78 Å². The Morgan fingerprint density at radius 2 is 1.89 bits per heavy atom. The molecular formula is C15H14O3. The Morgan fingerprint density at radius 1 is 1.17 bits per heavy atom. The summed E-state index contributed by atoms with van der Waals surface area (Å²) in [6.07, 6.45) is 3.70. The monoisotopic (exact) mass is 242 g/mol. The third-order valence-electron chi connectivity index (χ3n) is 4.16. The van der Waals surface area contributed by atoms with Crippen LogP contribution in [-0.2, 0) is 16.0 Å². The van der Waals surface area contributed by atoms with Gasteiger partial charge in [0, 0.05) is 6.42 Å². The van der Waals surface area contributed by atoms with Gasteiger partial charge in [0.25, 0.3) is 0 Å². The van der Waals surface area contributed by atoms with Crippen molar-refractivity contribution in [1.29, 1.82) is 0 Å². The molecule has 0 aliphatic heterocycles. The maximum atomic E-state index is 11.7. The fourth-order valence-corrected chi connectivity index (χ4v) is 3.12. The van der Waals surface area contributed by atoms with Crippen molar-refractivity contribution in [2.45, 2.75) is 25.7 Å². The molecule has 0 saturated heterocycles. The van der Waals surface area contributed by atoms with Crippen LogP contribution in [0, 0.1) is 5.41 Å². The van der Waals surface area contributed by atoms with Crippen molar-refractivity contribution >= 4 is 17.3 Å². The Labute approximate surface area is 105 Å². The number of carboxylic acids is 1. The molecule has 3 rings (SSSR count). The van der Waals surface area contributed by atoms with E-state index >= 15 is 0 Å². The van der Waals surface area contributed by atoms with E-state index in [4.69, 9.17) is 0 Å². The second kappa shape index (κ2) is 3.80. The Morgan fingerprint density at radius 3 is 2.67 bits per heavy atom. The van der Waals surface area contributed by atoms with Gasteiger partial charge < -0.3 is 5.11 Å². The fraction of sp³-hybridized carbons (Fsp3) is 0.333. The smallest absolute Gasteiger partial charge is 0.314 e. The van der Waals surface area contributed by atoms with Crippen LogP contribution in [0.25, 0.3) is 5.57 Å². The van der Waals surface area contributed by atoms with E-state index < -0.39 is 11.4 Å². The topological polar surface area (TPSA) is 54.4 Å². The van der Waals surface area contributed by atoms with Crippen molar-refractivity contribution in [3.63, 3.8) is 0 Å². The van der Waals surface area contributed by atoms with Gasteiger partial charge in [0.05, 0.1) is 5.41 Å². The molecule has 3 heteroatoms. The van der Waals surface area contributed by atoms with Gasteiger partial charge in [-0.3, -0.25) is 9.59 Å². The molecule has 0 fully saturated rings. The van der Waals surface area contributed by atoms with E-state index in [0.29, 0.717) is 24.8 Å². The second-order valence-corrected chi connectivity index (χ2v) is 5.07. The van der Waals surface area contributed by atoms with Crippen molar-refractivity contribution in [2.24, 2.45) is 5.41 Å². The first-order chi connectivity index (χ1) is 8.63. The van der Waals surface area contributed by atoms with E-state index in [9.17, 15) is 14.7 Å². The highest BCUT2D eigenvalue weighted by molar-refractivity contribution is 6.06. The van der Waals surface area contributed by atoms with E-state index in [1.807, 2.05) is 24.3 Å². The lowest BCUT2D eigenvalue weighted by Gasteiger charge is -2.39. The maximum absolute atomic E-state index is 11.7. The zero-order valence-corrected chi connectivity index (χ0v) is 9.98. The molecule has 0 radical (unpaired) electrons. The van der Waals surface area contributed by atoms with Gasteiger partial charge >= 0.3 is 5.97 Å². The minimum Gasteiger partial charge on any atom is -0.481 e. The Balaban J connectivity index is 2.23. The summed E-state index contributed by atoms with van der Waals surface area (Å²) in [5.74, 6) is -0.755. The molecule has 1 N–H and O–H groups in total. The number of benzene rings is 1. The number of hydrogen-bond acceptors (Lipinski definition) is 2. The number of ketones is 1. The molecule has 2 aliphatic carbocycles. The summed E-state index contributed by atoms with van der Waals surface area (Å²) in [7, 11) is 0. The van der Waals surface area contributed by atoms with Crippen molar-refractivity contribution in [3.8, 4) is 0 Å². The number of fused-ring (bicyclic) bond motifs is 3. The molecule has 1 aromatic rings. The third kappa shape index (κ3) is 1.43. The first-order valence-electron chi connectivity index (χ1n) is 6.20. The molecule has 92 valence electrons. The second-order valence-electron chi connectivity index (χ2n) is 5.07. The largest absolute Gasteiger partial charge is 0.481 e. The molecular weight excluding hydrogens is 228 g/mol. The Kier molecular flexibility index (Phi) is 2.37. The van der Waals surface area contributed by atoms with E-state index in [1.165, 1.54) is 0 Å². The summed E-state index contributed by atoms with van der Waals surface area (Å²) >= 11 is 0. The van der Waals surface area contributed by atoms with Gasteiger partial charge in [0.15, 0.2) is 5.78 Å². The zero-order chi connectivity index (χ0) is 12.8. The minimum atomic E-state index is -0.845. The van der Waals surface area contributed by atoms with Gasteiger partial charge in [-0.1, -0.05) is 24.3 Å². The molecule has 0 saturated carbocycles. The lowest BCUT2D eigenvalue weighted by atomic mass is 9.63. The molecule has 3 nitrogen and oxygen atoms in total. The van der Waals surface area contributed by atoms with E-state index in [1.54, 1.807) is 6.08 Å². The maximum Gasteiger partial charge on any atom is 0.314 e. The number of aliphatic carboxylic acids is 1. The van der Waals surface area contributed by atoms with Crippen molar-refractivity contribution < 1.29 is 14.7 Å². The molecule has 0 spiro atoms. The Bertz CT molecular complexity index is 571. The highest BCUT2D eigenvalue weighted by Gasteiger charge is 2.47. The SMILES string of the molecule is O=C1C=C2c3ccccc3CC[C@]2(C(=O)O)CC1. The summed E-state index contributed by atoms with van der Waals surface area (Å²) in [5, 5.41) is 9.58. The molecule has 18 heavy (non-hydrogen) atoms. The predicted molar refractivity (Wildman–Crippen MR) is 67.0 cm³/mol. The number of aryl methyl sites for hydroxylation is 1. The fourth-order valence-electron chi connectivity index (χ4n) is 3.12. The highest BCUT2D eigenvalue weighted by Crippen LogP contribution is 2.50. The molecule has 0 aromatic heterocycles. The number of rotatable bonds is 1.